The fourth-order valence-electron chi connectivity index (χ4n) is 2.44. The minimum Gasteiger partial charge on any atom is -0.485 e. The van der Waals surface area contributed by atoms with Gasteiger partial charge in [0.25, 0.3) is 0 Å². The predicted molar refractivity (Wildman–Crippen MR) is 106 cm³/mol. The number of halogens is 1. The number of fused-ring (bicyclic) bond motifs is 1. The maximum absolute atomic E-state index is 5.96. The smallest absolute Gasteiger partial charge is 0.208 e. The maximum atomic E-state index is 5.96. The Bertz CT molecular complexity index is 1010. The quantitative estimate of drug-likeness (QED) is 0.446. The molecule has 2 aromatic carbocycles. The van der Waals surface area contributed by atoms with Crippen molar-refractivity contribution in [3.05, 3.63) is 63.9 Å². The summed E-state index contributed by atoms with van der Waals surface area (Å²) in [5, 5.41) is 9.61. The van der Waals surface area contributed by atoms with Gasteiger partial charge in [-0.05, 0) is 42.8 Å². The van der Waals surface area contributed by atoms with Gasteiger partial charge in [0.2, 0.25) is 5.16 Å². The molecule has 132 valence electrons. The van der Waals surface area contributed by atoms with E-state index >= 15 is 0 Å². The zero-order valence-corrected chi connectivity index (χ0v) is 16.3. The highest BCUT2D eigenvalue weighted by atomic mass is 35.5. The number of H-pyrrole nitrogens is 1. The van der Waals surface area contributed by atoms with Crippen LogP contribution in [0.2, 0.25) is 5.02 Å². The molecule has 5 nitrogen and oxygen atoms in total. The van der Waals surface area contributed by atoms with Gasteiger partial charge in [-0.2, -0.15) is 0 Å². The van der Waals surface area contributed by atoms with Crippen LogP contribution < -0.4 is 4.74 Å². The number of thiazole rings is 1. The number of para-hydroxylation sites is 1. The number of hydrogen-bond donors (Lipinski definition) is 1. The molecule has 0 spiro atoms. The molecule has 26 heavy (non-hydrogen) atoms. The Hall–Kier alpha value is -2.09. The lowest BCUT2D eigenvalue weighted by atomic mass is 10.2. The van der Waals surface area contributed by atoms with Crippen molar-refractivity contribution in [3.63, 3.8) is 0 Å². The molecule has 0 atom stereocenters. The molecular formula is C18H15ClN4OS2. The number of aryl methyl sites for hydroxylation is 1. The first kappa shape index (κ1) is 17.3. The standard InChI is InChI=1S/C18H15ClN4OS2/c1-11-8-12(19)6-7-14(11)24-9-16-21-18(23-22-16)25-10-17-20-13-4-2-3-5-15(13)26-17/h2-8H,9-10H2,1H3,(H,21,22,23). The number of hydrogen-bond acceptors (Lipinski definition) is 6. The molecule has 0 radical (unpaired) electrons. The van der Waals surface area contributed by atoms with Crippen LogP contribution >= 0.6 is 34.7 Å². The Balaban J connectivity index is 1.35. The second-order valence-electron chi connectivity index (χ2n) is 5.63. The summed E-state index contributed by atoms with van der Waals surface area (Å²) >= 11 is 9.22. The van der Waals surface area contributed by atoms with Crippen LogP contribution in [0.4, 0.5) is 0 Å². The summed E-state index contributed by atoms with van der Waals surface area (Å²) in [7, 11) is 0. The van der Waals surface area contributed by atoms with Crippen LogP contribution in [0.3, 0.4) is 0 Å². The van der Waals surface area contributed by atoms with E-state index in [0.717, 1.165) is 27.6 Å². The van der Waals surface area contributed by atoms with Crippen LogP contribution in [-0.4, -0.2) is 20.2 Å². The zero-order chi connectivity index (χ0) is 17.9. The van der Waals surface area contributed by atoms with Crippen LogP contribution in [0.25, 0.3) is 10.2 Å². The van der Waals surface area contributed by atoms with Gasteiger partial charge < -0.3 is 4.74 Å². The second-order valence-corrected chi connectivity index (χ2v) is 8.12. The van der Waals surface area contributed by atoms with E-state index in [-0.39, 0.29) is 0 Å². The van der Waals surface area contributed by atoms with Crippen molar-refractivity contribution < 1.29 is 4.74 Å². The molecule has 0 saturated carbocycles. The van der Waals surface area contributed by atoms with E-state index in [4.69, 9.17) is 16.3 Å². The predicted octanol–water partition coefficient (Wildman–Crippen LogP) is 5.25. The van der Waals surface area contributed by atoms with Crippen LogP contribution in [0, 0.1) is 6.92 Å². The molecule has 2 aromatic heterocycles. The Morgan fingerprint density at radius 3 is 2.92 bits per heavy atom. The molecule has 0 fully saturated rings. The van der Waals surface area contributed by atoms with Crippen LogP contribution in [0.5, 0.6) is 5.75 Å². The summed E-state index contributed by atoms with van der Waals surface area (Å²) in [4.78, 5) is 9.09. The molecule has 8 heteroatoms. The maximum Gasteiger partial charge on any atom is 0.208 e. The van der Waals surface area contributed by atoms with Crippen molar-refractivity contribution in [2.75, 3.05) is 0 Å². The first-order valence-corrected chi connectivity index (χ1v) is 10.1. The highest BCUT2D eigenvalue weighted by Crippen LogP contribution is 2.27. The lowest BCUT2D eigenvalue weighted by Crippen LogP contribution is -1.99. The van der Waals surface area contributed by atoms with E-state index in [1.165, 1.54) is 4.70 Å². The van der Waals surface area contributed by atoms with Crippen molar-refractivity contribution in [2.45, 2.75) is 24.4 Å². The summed E-state index contributed by atoms with van der Waals surface area (Å²) in [5.74, 6) is 2.22. The Labute approximate surface area is 163 Å². The summed E-state index contributed by atoms with van der Waals surface area (Å²) in [6.07, 6.45) is 0. The first-order chi connectivity index (χ1) is 12.7. The normalized spacial score (nSPS) is 11.2. The number of nitrogens with zero attached hydrogens (tertiary/aromatic N) is 3. The van der Waals surface area contributed by atoms with Crippen molar-refractivity contribution >= 4 is 44.9 Å². The average molecular weight is 403 g/mol. The van der Waals surface area contributed by atoms with Gasteiger partial charge in [0.15, 0.2) is 5.82 Å². The summed E-state index contributed by atoms with van der Waals surface area (Å²) in [5.41, 5.74) is 2.03. The minimum atomic E-state index is 0.331. The third-order valence-electron chi connectivity index (χ3n) is 3.68. The average Bonchev–Trinajstić information content (AvgIpc) is 3.25. The molecule has 1 N–H and O–H groups in total. The number of aromatic nitrogens is 4. The van der Waals surface area contributed by atoms with Gasteiger partial charge in [-0.25, -0.2) is 9.97 Å². The Morgan fingerprint density at radius 2 is 2.08 bits per heavy atom. The lowest BCUT2D eigenvalue weighted by Gasteiger charge is -2.07. The Morgan fingerprint density at radius 1 is 1.19 bits per heavy atom. The molecule has 0 saturated heterocycles. The second kappa shape index (κ2) is 7.65. The largest absolute Gasteiger partial charge is 0.485 e. The van der Waals surface area contributed by atoms with Crippen LogP contribution in [0.15, 0.2) is 47.6 Å². The highest BCUT2D eigenvalue weighted by Gasteiger charge is 2.09. The lowest BCUT2D eigenvalue weighted by molar-refractivity contribution is 0.294. The number of aromatic amines is 1. The van der Waals surface area contributed by atoms with Crippen LogP contribution in [-0.2, 0) is 12.4 Å². The third-order valence-corrected chi connectivity index (χ3v) is 5.99. The van der Waals surface area contributed by atoms with Crippen molar-refractivity contribution in [1.29, 1.82) is 0 Å². The van der Waals surface area contributed by atoms with E-state index in [1.54, 1.807) is 23.1 Å². The van der Waals surface area contributed by atoms with E-state index in [1.807, 2.05) is 43.3 Å². The monoisotopic (exact) mass is 402 g/mol. The molecule has 0 bridgehead atoms. The molecule has 0 aliphatic carbocycles. The van der Waals surface area contributed by atoms with Crippen LogP contribution in [0.1, 0.15) is 16.4 Å². The number of rotatable bonds is 6. The van der Waals surface area contributed by atoms with E-state index in [9.17, 15) is 0 Å². The van der Waals surface area contributed by atoms with Crippen molar-refractivity contribution in [2.24, 2.45) is 0 Å². The minimum absolute atomic E-state index is 0.331. The van der Waals surface area contributed by atoms with Gasteiger partial charge in [-0.3, -0.25) is 5.10 Å². The molecule has 0 unspecified atom stereocenters. The zero-order valence-electron chi connectivity index (χ0n) is 13.9. The molecule has 0 aliphatic rings. The molecule has 0 amide bonds. The summed E-state index contributed by atoms with van der Waals surface area (Å²) < 4.78 is 6.98. The highest BCUT2D eigenvalue weighted by molar-refractivity contribution is 7.98. The fourth-order valence-corrected chi connectivity index (χ4v) is 4.44. The molecule has 4 rings (SSSR count). The van der Waals surface area contributed by atoms with Gasteiger partial charge >= 0.3 is 0 Å². The summed E-state index contributed by atoms with van der Waals surface area (Å²) in [6.45, 7) is 2.29. The molecule has 2 heterocycles. The first-order valence-electron chi connectivity index (χ1n) is 7.95. The van der Waals surface area contributed by atoms with Gasteiger partial charge in [-0.1, -0.05) is 35.5 Å². The molecule has 0 aliphatic heterocycles. The van der Waals surface area contributed by atoms with E-state index in [2.05, 4.69) is 26.2 Å². The Kier molecular flexibility index (Phi) is 5.10. The van der Waals surface area contributed by atoms with Gasteiger partial charge in [0.1, 0.15) is 17.4 Å². The SMILES string of the molecule is Cc1cc(Cl)ccc1OCc1nc(SCc2nc3ccccc3s2)n[nH]1. The number of benzene rings is 2. The molecular weight excluding hydrogens is 388 g/mol. The van der Waals surface area contributed by atoms with Gasteiger partial charge in [0, 0.05) is 5.02 Å². The molecule has 4 aromatic rings. The fraction of sp³-hybridized carbons (Fsp3) is 0.167. The number of nitrogens with one attached hydrogen (secondary N) is 1. The van der Waals surface area contributed by atoms with Gasteiger partial charge in [-0.15, -0.1) is 16.4 Å². The van der Waals surface area contributed by atoms with Gasteiger partial charge in [0.05, 0.1) is 16.0 Å². The van der Waals surface area contributed by atoms with E-state index in [0.29, 0.717) is 22.6 Å². The third kappa shape index (κ3) is 4.00. The number of thioether (sulfide) groups is 1. The topological polar surface area (TPSA) is 63.7 Å². The van der Waals surface area contributed by atoms with Crippen molar-refractivity contribution in [1.82, 2.24) is 20.2 Å². The van der Waals surface area contributed by atoms with Crippen molar-refractivity contribution in [3.8, 4) is 5.75 Å². The summed E-state index contributed by atoms with van der Waals surface area (Å²) in [6, 6.07) is 13.7. The number of ether oxygens (including phenoxy) is 1. The van der Waals surface area contributed by atoms with E-state index < -0.39 is 0 Å².